The molecule has 7 heteroatoms. The molecule has 0 atom stereocenters. The van der Waals surface area contributed by atoms with E-state index in [4.69, 9.17) is 5.84 Å². The Labute approximate surface area is 115 Å². The standard InChI is InChI=1S/C13H16FN5O/c1-8(2)19-7-6-11(18-19)16-13(20)9-4-3-5-10(14)12(9)17-15/h3-8,17H,15H2,1-2H3,(H,16,18,20). The van der Waals surface area contributed by atoms with Crippen LogP contribution in [0.4, 0.5) is 15.9 Å². The number of carbonyl (C=O) groups excluding carboxylic acids is 1. The second-order valence-electron chi connectivity index (χ2n) is 4.54. The Balaban J connectivity index is 2.21. The van der Waals surface area contributed by atoms with Crippen molar-refractivity contribution in [2.75, 3.05) is 10.7 Å². The molecule has 0 aliphatic carbocycles. The van der Waals surface area contributed by atoms with Crippen LogP contribution in [-0.2, 0) is 0 Å². The fourth-order valence-corrected chi connectivity index (χ4v) is 1.74. The number of halogens is 1. The van der Waals surface area contributed by atoms with Gasteiger partial charge in [-0.05, 0) is 26.0 Å². The van der Waals surface area contributed by atoms with Crippen molar-refractivity contribution in [2.45, 2.75) is 19.9 Å². The number of benzene rings is 1. The largest absolute Gasteiger partial charge is 0.321 e. The van der Waals surface area contributed by atoms with Crippen LogP contribution < -0.4 is 16.6 Å². The van der Waals surface area contributed by atoms with E-state index in [0.717, 1.165) is 0 Å². The lowest BCUT2D eigenvalue weighted by molar-refractivity contribution is 0.102. The summed E-state index contributed by atoms with van der Waals surface area (Å²) in [4.78, 5) is 12.1. The second-order valence-corrected chi connectivity index (χ2v) is 4.54. The van der Waals surface area contributed by atoms with Crippen LogP contribution in [0.15, 0.2) is 30.5 Å². The summed E-state index contributed by atoms with van der Waals surface area (Å²) in [5, 5.41) is 6.79. The van der Waals surface area contributed by atoms with E-state index in [9.17, 15) is 9.18 Å². The van der Waals surface area contributed by atoms with Crippen LogP contribution in [0.1, 0.15) is 30.2 Å². The van der Waals surface area contributed by atoms with Gasteiger partial charge in [-0.25, -0.2) is 4.39 Å². The molecule has 0 fully saturated rings. The van der Waals surface area contributed by atoms with E-state index in [1.54, 1.807) is 16.9 Å². The molecule has 0 aliphatic heterocycles. The Hall–Kier alpha value is -2.41. The summed E-state index contributed by atoms with van der Waals surface area (Å²) in [5.74, 6) is 4.57. The molecular formula is C13H16FN5O. The third-order valence-corrected chi connectivity index (χ3v) is 2.78. The maximum atomic E-state index is 13.5. The fraction of sp³-hybridized carbons (Fsp3) is 0.231. The predicted molar refractivity (Wildman–Crippen MR) is 74.8 cm³/mol. The van der Waals surface area contributed by atoms with Crippen molar-refractivity contribution in [1.29, 1.82) is 0 Å². The van der Waals surface area contributed by atoms with Crippen molar-refractivity contribution in [2.24, 2.45) is 5.84 Å². The molecule has 1 amide bonds. The highest BCUT2D eigenvalue weighted by Crippen LogP contribution is 2.20. The number of carbonyl (C=O) groups is 1. The van der Waals surface area contributed by atoms with Crippen molar-refractivity contribution in [3.63, 3.8) is 0 Å². The third kappa shape index (κ3) is 2.77. The van der Waals surface area contributed by atoms with Gasteiger partial charge in [-0.1, -0.05) is 6.07 Å². The zero-order valence-electron chi connectivity index (χ0n) is 11.2. The number of nitrogens with two attached hydrogens (primary N) is 1. The number of anilines is 2. The van der Waals surface area contributed by atoms with Crippen LogP contribution in [0.5, 0.6) is 0 Å². The molecule has 0 saturated carbocycles. The summed E-state index contributed by atoms with van der Waals surface area (Å²) in [7, 11) is 0. The van der Waals surface area contributed by atoms with Crippen LogP contribution in [-0.4, -0.2) is 15.7 Å². The van der Waals surface area contributed by atoms with Crippen LogP contribution in [0.2, 0.25) is 0 Å². The van der Waals surface area contributed by atoms with Crippen molar-refractivity contribution < 1.29 is 9.18 Å². The van der Waals surface area contributed by atoms with Gasteiger partial charge in [-0.3, -0.25) is 15.3 Å². The van der Waals surface area contributed by atoms with Gasteiger partial charge in [0, 0.05) is 18.3 Å². The van der Waals surface area contributed by atoms with Gasteiger partial charge in [-0.15, -0.1) is 0 Å². The van der Waals surface area contributed by atoms with Gasteiger partial charge in [0.05, 0.1) is 11.3 Å². The molecule has 106 valence electrons. The molecule has 6 nitrogen and oxygen atoms in total. The van der Waals surface area contributed by atoms with Crippen molar-refractivity contribution >= 4 is 17.4 Å². The molecular weight excluding hydrogens is 261 g/mol. The summed E-state index contributed by atoms with van der Waals surface area (Å²) in [6.07, 6.45) is 1.76. The molecule has 1 aromatic carbocycles. The topological polar surface area (TPSA) is 85.0 Å². The van der Waals surface area contributed by atoms with E-state index < -0.39 is 11.7 Å². The number of hydrogen-bond donors (Lipinski definition) is 3. The van der Waals surface area contributed by atoms with Crippen LogP contribution in [0.25, 0.3) is 0 Å². The number of nitrogens with one attached hydrogen (secondary N) is 2. The molecule has 0 unspecified atom stereocenters. The Morgan fingerprint density at radius 2 is 2.15 bits per heavy atom. The molecule has 0 aliphatic rings. The Morgan fingerprint density at radius 3 is 2.75 bits per heavy atom. The molecule has 0 radical (unpaired) electrons. The summed E-state index contributed by atoms with van der Waals surface area (Å²) in [5.41, 5.74) is 2.26. The third-order valence-electron chi connectivity index (χ3n) is 2.78. The quantitative estimate of drug-likeness (QED) is 0.590. The predicted octanol–water partition coefficient (Wildman–Crippen LogP) is 2.14. The zero-order chi connectivity index (χ0) is 14.7. The zero-order valence-corrected chi connectivity index (χ0v) is 11.2. The first-order chi connectivity index (χ1) is 9.52. The summed E-state index contributed by atoms with van der Waals surface area (Å²) in [6.45, 7) is 3.95. The number of rotatable bonds is 4. The van der Waals surface area contributed by atoms with E-state index in [-0.39, 0.29) is 17.3 Å². The average molecular weight is 277 g/mol. The number of amides is 1. The molecule has 1 heterocycles. The van der Waals surface area contributed by atoms with Crippen molar-refractivity contribution in [3.05, 3.63) is 41.8 Å². The van der Waals surface area contributed by atoms with Gasteiger partial charge in [0.25, 0.3) is 5.91 Å². The molecule has 0 saturated heterocycles. The SMILES string of the molecule is CC(C)n1ccc(NC(=O)c2cccc(F)c2NN)n1. The minimum atomic E-state index is -0.590. The Kier molecular flexibility index (Phi) is 3.99. The van der Waals surface area contributed by atoms with E-state index in [2.05, 4.69) is 15.8 Å². The Bertz CT molecular complexity index is 623. The van der Waals surface area contributed by atoms with Gasteiger partial charge >= 0.3 is 0 Å². The van der Waals surface area contributed by atoms with E-state index in [0.29, 0.717) is 5.82 Å². The molecule has 4 N–H and O–H groups in total. The Morgan fingerprint density at radius 1 is 1.40 bits per heavy atom. The first-order valence-corrected chi connectivity index (χ1v) is 6.14. The smallest absolute Gasteiger partial charge is 0.259 e. The maximum Gasteiger partial charge on any atom is 0.259 e. The molecule has 0 spiro atoms. The van der Waals surface area contributed by atoms with Crippen LogP contribution >= 0.6 is 0 Å². The minimum absolute atomic E-state index is 0.0479. The van der Waals surface area contributed by atoms with Crippen molar-refractivity contribution in [3.8, 4) is 0 Å². The van der Waals surface area contributed by atoms with Gasteiger partial charge < -0.3 is 10.7 Å². The lowest BCUT2D eigenvalue weighted by atomic mass is 10.1. The lowest BCUT2D eigenvalue weighted by Crippen LogP contribution is -2.18. The molecule has 2 aromatic rings. The van der Waals surface area contributed by atoms with Crippen LogP contribution in [0.3, 0.4) is 0 Å². The van der Waals surface area contributed by atoms with E-state index in [1.807, 2.05) is 13.8 Å². The highest BCUT2D eigenvalue weighted by Gasteiger charge is 2.15. The van der Waals surface area contributed by atoms with Crippen LogP contribution in [0, 0.1) is 5.82 Å². The molecule has 20 heavy (non-hydrogen) atoms. The van der Waals surface area contributed by atoms with Gasteiger partial charge in [-0.2, -0.15) is 5.10 Å². The monoisotopic (exact) mass is 277 g/mol. The number of nitrogens with zero attached hydrogens (tertiary/aromatic N) is 2. The summed E-state index contributed by atoms with van der Waals surface area (Å²) in [6, 6.07) is 6.01. The number of hydrogen-bond acceptors (Lipinski definition) is 4. The highest BCUT2D eigenvalue weighted by atomic mass is 19.1. The first-order valence-electron chi connectivity index (χ1n) is 6.14. The van der Waals surface area contributed by atoms with E-state index in [1.165, 1.54) is 18.2 Å². The molecule has 0 bridgehead atoms. The minimum Gasteiger partial charge on any atom is -0.321 e. The normalized spacial score (nSPS) is 10.7. The number of nitrogen functional groups attached to an aromatic ring is 1. The van der Waals surface area contributed by atoms with Gasteiger partial charge in [0.2, 0.25) is 0 Å². The summed E-state index contributed by atoms with van der Waals surface area (Å²) < 4.78 is 15.2. The lowest BCUT2D eigenvalue weighted by Gasteiger charge is -2.09. The molecule has 2 rings (SSSR count). The van der Waals surface area contributed by atoms with E-state index >= 15 is 0 Å². The summed E-state index contributed by atoms with van der Waals surface area (Å²) >= 11 is 0. The number of aromatic nitrogens is 2. The first kappa shape index (κ1) is 14.0. The van der Waals surface area contributed by atoms with Crippen molar-refractivity contribution in [1.82, 2.24) is 9.78 Å². The highest BCUT2D eigenvalue weighted by molar-refractivity contribution is 6.07. The number of para-hydroxylation sites is 1. The molecule has 1 aromatic heterocycles. The fourth-order valence-electron chi connectivity index (χ4n) is 1.74. The second kappa shape index (κ2) is 5.70. The maximum absolute atomic E-state index is 13.5. The average Bonchev–Trinajstić information content (AvgIpc) is 2.87. The van der Waals surface area contributed by atoms with Gasteiger partial charge in [0.1, 0.15) is 5.82 Å². The number of hydrazine groups is 1. The van der Waals surface area contributed by atoms with Gasteiger partial charge in [0.15, 0.2) is 5.82 Å².